The van der Waals surface area contributed by atoms with Gasteiger partial charge in [0, 0.05) is 0 Å². The van der Waals surface area contributed by atoms with Crippen LogP contribution in [0.25, 0.3) is 0 Å². The molecule has 2 heterocycles. The maximum absolute atomic E-state index is 10.9. The number of ether oxygens (including phenoxy) is 4. The van der Waals surface area contributed by atoms with Crippen LogP contribution in [0.1, 0.15) is 6.92 Å². The van der Waals surface area contributed by atoms with Crippen molar-refractivity contribution in [3.63, 3.8) is 0 Å². The van der Waals surface area contributed by atoms with E-state index in [9.17, 15) is 9.59 Å². The van der Waals surface area contributed by atoms with Gasteiger partial charge in [0.25, 0.3) is 0 Å². The topological polar surface area (TPSA) is 71.1 Å². The zero-order valence-electron chi connectivity index (χ0n) is 7.60. The SMILES string of the molecule is CC1OC(=O)OC1C1COCC(=O)O1. The molecule has 2 rings (SSSR count). The molecule has 6 heteroatoms. The van der Waals surface area contributed by atoms with Crippen LogP contribution in [0.5, 0.6) is 0 Å². The van der Waals surface area contributed by atoms with Gasteiger partial charge in [-0.05, 0) is 6.92 Å². The fourth-order valence-corrected chi connectivity index (χ4v) is 1.49. The van der Waals surface area contributed by atoms with Crippen LogP contribution in [0, 0.1) is 0 Å². The number of hydrogen-bond acceptors (Lipinski definition) is 6. The Morgan fingerprint density at radius 3 is 2.57 bits per heavy atom. The summed E-state index contributed by atoms with van der Waals surface area (Å²) in [7, 11) is 0. The number of carbonyl (C=O) groups is 2. The Hall–Kier alpha value is -1.30. The average Bonchev–Trinajstić information content (AvgIpc) is 2.45. The molecule has 0 aromatic rings. The number of hydrogen-bond donors (Lipinski definition) is 0. The molecule has 2 aliphatic rings. The lowest BCUT2D eigenvalue weighted by atomic mass is 10.1. The minimum absolute atomic E-state index is 0.0492. The van der Waals surface area contributed by atoms with Gasteiger partial charge in [-0.1, -0.05) is 0 Å². The lowest BCUT2D eigenvalue weighted by Crippen LogP contribution is -2.44. The lowest BCUT2D eigenvalue weighted by molar-refractivity contribution is -0.179. The second kappa shape index (κ2) is 3.45. The number of carbonyl (C=O) groups excluding carboxylic acids is 2. The molecule has 0 spiro atoms. The predicted molar refractivity (Wildman–Crippen MR) is 41.5 cm³/mol. The van der Waals surface area contributed by atoms with E-state index >= 15 is 0 Å². The van der Waals surface area contributed by atoms with Crippen molar-refractivity contribution in [1.29, 1.82) is 0 Å². The van der Waals surface area contributed by atoms with Crippen LogP contribution >= 0.6 is 0 Å². The highest BCUT2D eigenvalue weighted by atomic mass is 16.8. The van der Waals surface area contributed by atoms with E-state index in [0.717, 1.165) is 0 Å². The largest absolute Gasteiger partial charge is 0.509 e. The first-order chi connectivity index (χ1) is 6.66. The molecule has 0 aliphatic carbocycles. The third-order valence-electron chi connectivity index (χ3n) is 2.13. The Morgan fingerprint density at radius 1 is 1.21 bits per heavy atom. The Bertz CT molecular complexity index is 263. The smallest absolute Gasteiger partial charge is 0.454 e. The third-order valence-corrected chi connectivity index (χ3v) is 2.13. The number of rotatable bonds is 1. The van der Waals surface area contributed by atoms with Crippen molar-refractivity contribution in [1.82, 2.24) is 0 Å². The normalized spacial score (nSPS) is 37.4. The molecule has 0 radical (unpaired) electrons. The highest BCUT2D eigenvalue weighted by Crippen LogP contribution is 2.21. The van der Waals surface area contributed by atoms with Crippen LogP contribution in [0.15, 0.2) is 0 Å². The number of esters is 1. The van der Waals surface area contributed by atoms with Crippen molar-refractivity contribution in [3.05, 3.63) is 0 Å². The summed E-state index contributed by atoms with van der Waals surface area (Å²) < 4.78 is 19.5. The first-order valence-electron chi connectivity index (χ1n) is 4.31. The van der Waals surface area contributed by atoms with Gasteiger partial charge in [-0.3, -0.25) is 0 Å². The molecular formula is C8H10O6. The first kappa shape index (κ1) is 9.26. The van der Waals surface area contributed by atoms with Crippen LogP contribution in [-0.2, 0) is 23.7 Å². The third kappa shape index (κ3) is 1.65. The molecule has 0 N–H and O–H groups in total. The van der Waals surface area contributed by atoms with Gasteiger partial charge in [-0.15, -0.1) is 0 Å². The predicted octanol–water partition coefficient (Wildman–Crippen LogP) is -0.148. The van der Waals surface area contributed by atoms with Gasteiger partial charge in [0.1, 0.15) is 12.7 Å². The van der Waals surface area contributed by atoms with Crippen LogP contribution in [-0.4, -0.2) is 43.7 Å². The van der Waals surface area contributed by atoms with E-state index in [1.165, 1.54) is 0 Å². The van der Waals surface area contributed by atoms with Gasteiger partial charge >= 0.3 is 12.1 Å². The highest BCUT2D eigenvalue weighted by molar-refractivity contribution is 5.71. The lowest BCUT2D eigenvalue weighted by Gasteiger charge is -2.26. The van der Waals surface area contributed by atoms with Crippen molar-refractivity contribution < 1.29 is 28.5 Å². The molecule has 78 valence electrons. The standard InChI is InChI=1S/C8H10O6/c1-4-7(14-8(10)12-4)5-2-11-3-6(9)13-5/h4-5,7H,2-3H2,1H3. The van der Waals surface area contributed by atoms with Crippen molar-refractivity contribution >= 4 is 12.1 Å². The molecule has 0 saturated carbocycles. The van der Waals surface area contributed by atoms with Gasteiger partial charge in [0.05, 0.1) is 6.61 Å². The first-order valence-corrected chi connectivity index (χ1v) is 4.31. The Balaban J connectivity index is 2.00. The Morgan fingerprint density at radius 2 is 2.00 bits per heavy atom. The monoisotopic (exact) mass is 202 g/mol. The van der Waals surface area contributed by atoms with Crippen molar-refractivity contribution in [2.75, 3.05) is 13.2 Å². The number of cyclic esters (lactones) is 3. The summed E-state index contributed by atoms with van der Waals surface area (Å²) in [5, 5.41) is 0. The Kier molecular flexibility index (Phi) is 2.28. The molecule has 0 bridgehead atoms. The fraction of sp³-hybridized carbons (Fsp3) is 0.750. The van der Waals surface area contributed by atoms with Crippen LogP contribution < -0.4 is 0 Å². The molecule has 2 aliphatic heterocycles. The molecular weight excluding hydrogens is 192 g/mol. The minimum Gasteiger partial charge on any atom is -0.454 e. The quantitative estimate of drug-likeness (QED) is 0.551. The maximum Gasteiger partial charge on any atom is 0.509 e. The van der Waals surface area contributed by atoms with Crippen molar-refractivity contribution in [3.8, 4) is 0 Å². The molecule has 2 fully saturated rings. The van der Waals surface area contributed by atoms with E-state index in [2.05, 4.69) is 0 Å². The molecule has 0 aromatic carbocycles. The summed E-state index contributed by atoms with van der Waals surface area (Å²) in [4.78, 5) is 21.7. The van der Waals surface area contributed by atoms with Crippen LogP contribution in [0.4, 0.5) is 4.79 Å². The summed E-state index contributed by atoms with van der Waals surface area (Å²) in [6.07, 6.45) is -2.27. The Labute approximate surface area is 80.1 Å². The maximum atomic E-state index is 10.9. The summed E-state index contributed by atoms with van der Waals surface area (Å²) in [6.45, 7) is 1.86. The van der Waals surface area contributed by atoms with Crippen molar-refractivity contribution in [2.24, 2.45) is 0 Å². The van der Waals surface area contributed by atoms with E-state index < -0.39 is 30.4 Å². The van der Waals surface area contributed by atoms with Gasteiger partial charge in [0.15, 0.2) is 12.2 Å². The summed E-state index contributed by atoms with van der Waals surface area (Å²) in [5.41, 5.74) is 0. The summed E-state index contributed by atoms with van der Waals surface area (Å²) in [6, 6.07) is 0. The van der Waals surface area contributed by atoms with Gasteiger partial charge < -0.3 is 18.9 Å². The summed E-state index contributed by atoms with van der Waals surface area (Å²) in [5.74, 6) is -0.448. The molecule has 6 nitrogen and oxygen atoms in total. The van der Waals surface area contributed by atoms with E-state index in [4.69, 9.17) is 18.9 Å². The average molecular weight is 202 g/mol. The molecule has 3 atom stereocenters. The fourth-order valence-electron chi connectivity index (χ4n) is 1.49. The van der Waals surface area contributed by atoms with Gasteiger partial charge in [-0.25, -0.2) is 9.59 Å². The second-order valence-corrected chi connectivity index (χ2v) is 3.20. The van der Waals surface area contributed by atoms with Gasteiger partial charge in [0.2, 0.25) is 0 Å². The van der Waals surface area contributed by atoms with Gasteiger partial charge in [-0.2, -0.15) is 0 Å². The molecule has 0 aromatic heterocycles. The van der Waals surface area contributed by atoms with Crippen LogP contribution in [0.2, 0.25) is 0 Å². The molecule has 3 unspecified atom stereocenters. The zero-order chi connectivity index (χ0) is 10.1. The second-order valence-electron chi connectivity index (χ2n) is 3.20. The zero-order valence-corrected chi connectivity index (χ0v) is 7.60. The van der Waals surface area contributed by atoms with E-state index in [-0.39, 0.29) is 13.2 Å². The molecule has 2 saturated heterocycles. The molecule has 0 amide bonds. The van der Waals surface area contributed by atoms with E-state index in [1.807, 2.05) is 0 Å². The van der Waals surface area contributed by atoms with E-state index in [0.29, 0.717) is 0 Å². The van der Waals surface area contributed by atoms with E-state index in [1.54, 1.807) is 6.92 Å². The highest BCUT2D eigenvalue weighted by Gasteiger charge is 2.42. The minimum atomic E-state index is -0.732. The molecule has 14 heavy (non-hydrogen) atoms. The van der Waals surface area contributed by atoms with Crippen molar-refractivity contribution in [2.45, 2.75) is 25.2 Å². The van der Waals surface area contributed by atoms with Crippen LogP contribution in [0.3, 0.4) is 0 Å². The summed E-state index contributed by atoms with van der Waals surface area (Å²) >= 11 is 0.